The molecule has 8 heteroatoms. The number of carbonyl (C=O) groups excluding carboxylic acids is 1. The number of hydrogen-bond donors (Lipinski definition) is 2. The molecule has 0 saturated carbocycles. The van der Waals surface area contributed by atoms with Crippen molar-refractivity contribution in [3.63, 3.8) is 0 Å². The van der Waals surface area contributed by atoms with Crippen molar-refractivity contribution in [3.8, 4) is 5.75 Å². The largest absolute Gasteiger partial charge is 0.496 e. The molecule has 0 unspecified atom stereocenters. The number of benzene rings is 1. The number of nitrogens with zero attached hydrogens (tertiary/aromatic N) is 3. The van der Waals surface area contributed by atoms with Gasteiger partial charge in [0.25, 0.3) is 0 Å². The van der Waals surface area contributed by atoms with Crippen LogP contribution < -0.4 is 15.4 Å². The third kappa shape index (κ3) is 7.33. The van der Waals surface area contributed by atoms with Crippen LogP contribution in [0.4, 0.5) is 10.2 Å². The first-order valence-electron chi connectivity index (χ1n) is 12.5. The molecule has 198 valence electrons. The molecule has 1 aromatic carbocycles. The third-order valence-electron chi connectivity index (χ3n) is 6.74. The van der Waals surface area contributed by atoms with Crippen LogP contribution >= 0.6 is 0 Å². The van der Waals surface area contributed by atoms with Crippen molar-refractivity contribution in [1.29, 1.82) is 0 Å². The summed E-state index contributed by atoms with van der Waals surface area (Å²) in [5.74, 6) is 1.09. The average Bonchev–Trinajstić information content (AvgIpc) is 2.90. The minimum atomic E-state index is -0.374. The quantitative estimate of drug-likeness (QED) is 0.316. The number of aromatic nitrogens is 2. The second-order valence-electron chi connectivity index (χ2n) is 10.0. The first-order chi connectivity index (χ1) is 17.7. The maximum atomic E-state index is 14.5. The molecule has 1 fully saturated rings. The second-order valence-corrected chi connectivity index (χ2v) is 10.0. The van der Waals surface area contributed by atoms with Crippen molar-refractivity contribution in [3.05, 3.63) is 65.2 Å². The lowest BCUT2D eigenvalue weighted by atomic mass is 9.82. The number of methoxy groups -OCH3 is 1. The average molecular weight is 508 g/mol. The molecule has 7 nitrogen and oxygen atoms in total. The van der Waals surface area contributed by atoms with E-state index >= 15 is 0 Å². The van der Waals surface area contributed by atoms with E-state index in [1.165, 1.54) is 6.20 Å². The summed E-state index contributed by atoms with van der Waals surface area (Å²) in [5.41, 5.74) is 4.16. The standard InChI is InChI=1S/C20H28FN3O.C9H10N2O/c1-20(2)5-7-24(8-6-20)13-16-10-14-9-15(12-22-3)18(25-4)11-17(14)23-19(16)21;1-3-8-4-7(6-12)5-11-9(8)10-2/h9-11,22H,5-8,12-13H2,1-4H3;3-6H,1H2,2H3,(H,10,11). The van der Waals surface area contributed by atoms with Gasteiger partial charge in [-0.1, -0.05) is 26.5 Å². The summed E-state index contributed by atoms with van der Waals surface area (Å²) in [7, 11) is 5.30. The Morgan fingerprint density at radius 3 is 2.46 bits per heavy atom. The van der Waals surface area contributed by atoms with Crippen LogP contribution in [0.3, 0.4) is 0 Å². The molecule has 4 rings (SSSR count). The van der Waals surface area contributed by atoms with Crippen molar-refractivity contribution in [2.45, 2.75) is 39.8 Å². The number of pyridine rings is 2. The van der Waals surface area contributed by atoms with Crippen LogP contribution in [0, 0.1) is 11.4 Å². The number of piperidine rings is 1. The first-order valence-corrected chi connectivity index (χ1v) is 12.5. The van der Waals surface area contributed by atoms with Gasteiger partial charge in [0, 0.05) is 60.0 Å². The number of fused-ring (bicyclic) bond motifs is 1. The van der Waals surface area contributed by atoms with Gasteiger partial charge in [0.05, 0.1) is 12.6 Å². The van der Waals surface area contributed by atoms with Crippen molar-refractivity contribution >= 4 is 29.1 Å². The van der Waals surface area contributed by atoms with Crippen molar-refractivity contribution in [2.24, 2.45) is 5.41 Å². The lowest BCUT2D eigenvalue weighted by Crippen LogP contribution is -2.37. The molecule has 1 saturated heterocycles. The minimum absolute atomic E-state index is 0.374. The highest BCUT2D eigenvalue weighted by Gasteiger charge is 2.26. The molecule has 0 amide bonds. The maximum absolute atomic E-state index is 14.5. The Morgan fingerprint density at radius 2 is 1.86 bits per heavy atom. The van der Waals surface area contributed by atoms with E-state index in [9.17, 15) is 9.18 Å². The monoisotopic (exact) mass is 507 g/mol. The van der Waals surface area contributed by atoms with Crippen molar-refractivity contribution in [2.75, 3.05) is 39.6 Å². The summed E-state index contributed by atoms with van der Waals surface area (Å²) in [5, 5.41) is 7.00. The van der Waals surface area contributed by atoms with Gasteiger partial charge in [0.2, 0.25) is 5.95 Å². The van der Waals surface area contributed by atoms with Gasteiger partial charge in [-0.15, -0.1) is 0 Å². The molecule has 0 spiro atoms. The molecule has 2 N–H and O–H groups in total. The van der Waals surface area contributed by atoms with Crippen molar-refractivity contribution < 1.29 is 13.9 Å². The SMILES string of the molecule is C=Cc1cc(C=O)cnc1NC.CNCc1cc2cc(CN3CCC(C)(C)CC3)c(F)nc2cc1OC. The molecule has 3 aromatic rings. The lowest BCUT2D eigenvalue weighted by molar-refractivity contribution is 0.112. The topological polar surface area (TPSA) is 79.4 Å². The van der Waals surface area contributed by atoms with Gasteiger partial charge in [-0.05, 0) is 56.6 Å². The normalized spacial score (nSPS) is 15.0. The van der Waals surface area contributed by atoms with Crippen molar-refractivity contribution in [1.82, 2.24) is 20.2 Å². The van der Waals surface area contributed by atoms with Gasteiger partial charge in [0.1, 0.15) is 11.6 Å². The number of ether oxygens (including phenoxy) is 1. The molecule has 0 aliphatic carbocycles. The van der Waals surface area contributed by atoms with E-state index in [-0.39, 0.29) is 5.95 Å². The van der Waals surface area contributed by atoms with E-state index in [1.807, 2.05) is 25.2 Å². The third-order valence-corrected chi connectivity index (χ3v) is 6.74. The zero-order chi connectivity index (χ0) is 27.0. The molecule has 37 heavy (non-hydrogen) atoms. The van der Waals surface area contributed by atoms with Crippen LogP contribution in [0.25, 0.3) is 17.0 Å². The summed E-state index contributed by atoms with van der Waals surface area (Å²) in [6.45, 7) is 11.6. The Bertz CT molecular complexity index is 1230. The van der Waals surface area contributed by atoms with Crippen LogP contribution in [0.5, 0.6) is 5.75 Å². The van der Waals surface area contributed by atoms with Gasteiger partial charge in [-0.3, -0.25) is 9.69 Å². The van der Waals surface area contributed by atoms with Gasteiger partial charge in [0.15, 0.2) is 6.29 Å². The van der Waals surface area contributed by atoms with E-state index in [1.54, 1.807) is 26.3 Å². The molecule has 0 radical (unpaired) electrons. The summed E-state index contributed by atoms with van der Waals surface area (Å²) < 4.78 is 19.9. The van der Waals surface area contributed by atoms with Crippen LogP contribution in [-0.2, 0) is 13.1 Å². The van der Waals surface area contributed by atoms with Gasteiger partial charge < -0.3 is 15.4 Å². The van der Waals surface area contributed by atoms with E-state index in [4.69, 9.17) is 4.74 Å². The number of likely N-dealkylation sites (tertiary alicyclic amines) is 1. The highest BCUT2D eigenvalue weighted by Crippen LogP contribution is 2.31. The highest BCUT2D eigenvalue weighted by molar-refractivity contribution is 5.82. The first kappa shape index (κ1) is 28.2. The fraction of sp³-hybridized carbons (Fsp3) is 0.414. The summed E-state index contributed by atoms with van der Waals surface area (Å²) >= 11 is 0. The van der Waals surface area contributed by atoms with Crippen LogP contribution in [0.15, 0.2) is 37.0 Å². The van der Waals surface area contributed by atoms with E-state index in [2.05, 4.69) is 45.9 Å². The predicted molar refractivity (Wildman–Crippen MR) is 149 cm³/mol. The molecule has 2 aromatic heterocycles. The molecule has 3 heterocycles. The van der Waals surface area contributed by atoms with Gasteiger partial charge in [-0.2, -0.15) is 4.39 Å². The molecule has 1 aliphatic rings. The zero-order valence-electron chi connectivity index (χ0n) is 22.5. The lowest BCUT2D eigenvalue weighted by Gasteiger charge is -2.36. The Labute approximate surface area is 219 Å². The number of halogens is 1. The number of carbonyl (C=O) groups is 1. The zero-order valence-corrected chi connectivity index (χ0v) is 22.5. The van der Waals surface area contributed by atoms with Crippen LogP contribution in [0.1, 0.15) is 53.7 Å². The Balaban J connectivity index is 0.000000266. The Hall–Kier alpha value is -3.36. The molecule has 0 atom stereocenters. The molecular formula is C29H38FN5O2. The van der Waals surface area contributed by atoms with E-state index in [0.29, 0.717) is 35.1 Å². The fourth-order valence-electron chi connectivity index (χ4n) is 4.38. The summed E-state index contributed by atoms with van der Waals surface area (Å²) in [6.07, 6.45) is 6.25. The van der Waals surface area contributed by atoms with E-state index in [0.717, 1.165) is 60.3 Å². The van der Waals surface area contributed by atoms with Gasteiger partial charge >= 0.3 is 0 Å². The number of rotatable bonds is 8. The Morgan fingerprint density at radius 1 is 1.16 bits per heavy atom. The summed E-state index contributed by atoms with van der Waals surface area (Å²) in [6, 6.07) is 7.53. The predicted octanol–water partition coefficient (Wildman–Crippen LogP) is 5.30. The smallest absolute Gasteiger partial charge is 0.217 e. The molecule has 1 aliphatic heterocycles. The molecule has 0 bridgehead atoms. The number of nitrogens with one attached hydrogen (secondary N) is 2. The minimum Gasteiger partial charge on any atom is -0.496 e. The van der Waals surface area contributed by atoms with Gasteiger partial charge in [-0.25, -0.2) is 9.97 Å². The number of aldehydes is 1. The Kier molecular flexibility index (Phi) is 9.72. The number of anilines is 1. The fourth-order valence-corrected chi connectivity index (χ4v) is 4.38. The maximum Gasteiger partial charge on any atom is 0.217 e. The number of hydrogen-bond acceptors (Lipinski definition) is 7. The highest BCUT2D eigenvalue weighted by atomic mass is 19.1. The van der Waals surface area contributed by atoms with E-state index < -0.39 is 0 Å². The van der Waals surface area contributed by atoms with Crippen LogP contribution in [0.2, 0.25) is 0 Å². The molecular weight excluding hydrogens is 469 g/mol. The second kappa shape index (κ2) is 12.7. The van der Waals surface area contributed by atoms with Crippen LogP contribution in [-0.4, -0.2) is 55.4 Å². The summed E-state index contributed by atoms with van der Waals surface area (Å²) in [4.78, 5) is 20.9.